The van der Waals surface area contributed by atoms with E-state index in [1.54, 1.807) is 4.90 Å². The minimum Gasteiger partial charge on any atom is -0.393 e. The summed E-state index contributed by atoms with van der Waals surface area (Å²) in [6.45, 7) is 6.89. The molecule has 2 amide bonds. The Kier molecular flexibility index (Phi) is 3.85. The summed E-state index contributed by atoms with van der Waals surface area (Å²) in [5, 5.41) is 12.5. The molecule has 108 valence electrons. The number of carbonyl (C=O) groups excluding carboxylic acids is 2. The number of likely N-dealkylation sites (tertiary alicyclic amines) is 1. The van der Waals surface area contributed by atoms with Crippen LogP contribution in [0, 0.1) is 17.3 Å². The second kappa shape index (κ2) is 5.12. The van der Waals surface area contributed by atoms with E-state index in [0.717, 1.165) is 19.4 Å². The van der Waals surface area contributed by atoms with Crippen LogP contribution in [0.3, 0.4) is 0 Å². The van der Waals surface area contributed by atoms with Crippen molar-refractivity contribution in [2.75, 3.05) is 19.6 Å². The van der Waals surface area contributed by atoms with Crippen molar-refractivity contribution in [1.29, 1.82) is 0 Å². The van der Waals surface area contributed by atoms with Crippen LogP contribution in [-0.4, -0.2) is 47.6 Å². The normalized spacial score (nSPS) is 30.3. The summed E-state index contributed by atoms with van der Waals surface area (Å²) in [7, 11) is 0. The van der Waals surface area contributed by atoms with Crippen molar-refractivity contribution >= 4 is 11.8 Å². The van der Waals surface area contributed by atoms with Gasteiger partial charge in [-0.2, -0.15) is 0 Å². The van der Waals surface area contributed by atoms with Crippen LogP contribution >= 0.6 is 0 Å². The van der Waals surface area contributed by atoms with E-state index in [0.29, 0.717) is 12.5 Å². The van der Waals surface area contributed by atoms with Crippen molar-refractivity contribution in [3.8, 4) is 0 Å². The van der Waals surface area contributed by atoms with Gasteiger partial charge in [0.15, 0.2) is 0 Å². The Morgan fingerprint density at radius 3 is 2.53 bits per heavy atom. The summed E-state index contributed by atoms with van der Waals surface area (Å²) >= 11 is 0. The lowest BCUT2D eigenvalue weighted by Gasteiger charge is -2.21. The minimum absolute atomic E-state index is 0.0424. The van der Waals surface area contributed by atoms with Crippen LogP contribution in [0.5, 0.6) is 0 Å². The fourth-order valence-electron chi connectivity index (χ4n) is 2.97. The number of rotatable bonds is 2. The Balaban J connectivity index is 1.81. The summed E-state index contributed by atoms with van der Waals surface area (Å²) in [6, 6.07) is 0. The van der Waals surface area contributed by atoms with Gasteiger partial charge in [-0.15, -0.1) is 0 Å². The van der Waals surface area contributed by atoms with E-state index in [1.807, 2.05) is 20.8 Å². The number of aliphatic hydroxyl groups excluding tert-OH is 1. The van der Waals surface area contributed by atoms with Crippen LogP contribution in [0.15, 0.2) is 0 Å². The summed E-state index contributed by atoms with van der Waals surface area (Å²) in [5.41, 5.74) is -0.474. The first-order chi connectivity index (χ1) is 8.79. The maximum Gasteiger partial charge on any atom is 0.241 e. The third-order valence-electron chi connectivity index (χ3n) is 4.25. The number of hydrogen-bond donors (Lipinski definition) is 2. The molecule has 0 aromatic heterocycles. The predicted octanol–water partition coefficient (Wildman–Crippen LogP) is 0.378. The summed E-state index contributed by atoms with van der Waals surface area (Å²) in [5.74, 6) is 0.527. The number of carbonyl (C=O) groups is 2. The van der Waals surface area contributed by atoms with E-state index in [9.17, 15) is 14.7 Å². The molecule has 1 aliphatic heterocycles. The van der Waals surface area contributed by atoms with E-state index >= 15 is 0 Å². The van der Waals surface area contributed by atoms with Crippen LogP contribution < -0.4 is 5.32 Å². The van der Waals surface area contributed by atoms with Gasteiger partial charge >= 0.3 is 0 Å². The van der Waals surface area contributed by atoms with Crippen molar-refractivity contribution in [2.45, 2.75) is 39.7 Å². The molecule has 3 unspecified atom stereocenters. The average Bonchev–Trinajstić information content (AvgIpc) is 2.87. The molecule has 1 saturated heterocycles. The number of nitrogens with one attached hydrogen (secondary N) is 1. The molecule has 0 bridgehead atoms. The Morgan fingerprint density at radius 1 is 1.26 bits per heavy atom. The summed E-state index contributed by atoms with van der Waals surface area (Å²) in [4.78, 5) is 25.5. The van der Waals surface area contributed by atoms with Gasteiger partial charge in [-0.1, -0.05) is 20.8 Å². The molecule has 1 saturated carbocycles. The monoisotopic (exact) mass is 268 g/mol. The van der Waals surface area contributed by atoms with E-state index in [-0.39, 0.29) is 30.4 Å². The van der Waals surface area contributed by atoms with Crippen LogP contribution in [0.1, 0.15) is 33.6 Å². The Bertz CT molecular complexity index is 375. The van der Waals surface area contributed by atoms with Crippen molar-refractivity contribution in [1.82, 2.24) is 10.2 Å². The molecule has 2 aliphatic rings. The van der Waals surface area contributed by atoms with E-state index in [2.05, 4.69) is 5.32 Å². The number of aliphatic hydroxyl groups is 1. The Hall–Kier alpha value is -1.10. The van der Waals surface area contributed by atoms with Gasteiger partial charge in [-0.3, -0.25) is 9.59 Å². The highest BCUT2D eigenvalue weighted by atomic mass is 16.3. The molecular weight excluding hydrogens is 244 g/mol. The van der Waals surface area contributed by atoms with Gasteiger partial charge in [0.2, 0.25) is 11.8 Å². The highest BCUT2D eigenvalue weighted by Gasteiger charge is 2.43. The molecule has 5 heteroatoms. The maximum absolute atomic E-state index is 12.0. The number of hydrogen-bond acceptors (Lipinski definition) is 3. The first kappa shape index (κ1) is 14.3. The number of fused-ring (bicyclic) bond motifs is 1. The van der Waals surface area contributed by atoms with Crippen LogP contribution in [0.2, 0.25) is 0 Å². The van der Waals surface area contributed by atoms with Gasteiger partial charge in [0.25, 0.3) is 0 Å². The van der Waals surface area contributed by atoms with Gasteiger partial charge in [0.1, 0.15) is 0 Å². The lowest BCUT2D eigenvalue weighted by atomic mass is 9.96. The summed E-state index contributed by atoms with van der Waals surface area (Å²) < 4.78 is 0. The van der Waals surface area contributed by atoms with Gasteiger partial charge in [0.05, 0.1) is 12.6 Å². The SMILES string of the molecule is CC(C)(C)C(=O)NCC(=O)N1CC2CCC(O)C2C1. The predicted molar refractivity (Wildman–Crippen MR) is 71.3 cm³/mol. The molecule has 0 aromatic rings. The standard InChI is InChI=1S/C14H24N2O3/c1-14(2,3)13(19)15-6-12(18)16-7-9-4-5-11(17)10(9)8-16/h9-11,17H,4-8H2,1-3H3,(H,15,19). The van der Waals surface area contributed by atoms with Crippen LogP contribution in [-0.2, 0) is 9.59 Å². The average molecular weight is 268 g/mol. The molecule has 3 atom stereocenters. The van der Waals surface area contributed by atoms with Gasteiger partial charge in [0, 0.05) is 24.4 Å². The van der Waals surface area contributed by atoms with Crippen molar-refractivity contribution < 1.29 is 14.7 Å². The maximum atomic E-state index is 12.0. The van der Waals surface area contributed by atoms with E-state index in [4.69, 9.17) is 0 Å². The molecule has 0 aromatic carbocycles. The molecule has 0 spiro atoms. The third-order valence-corrected chi connectivity index (χ3v) is 4.25. The van der Waals surface area contributed by atoms with Gasteiger partial charge in [-0.05, 0) is 18.8 Å². The fraction of sp³-hybridized carbons (Fsp3) is 0.857. The molecular formula is C14H24N2O3. The van der Waals surface area contributed by atoms with Crippen LogP contribution in [0.4, 0.5) is 0 Å². The lowest BCUT2D eigenvalue weighted by Crippen LogP contribution is -2.43. The molecule has 19 heavy (non-hydrogen) atoms. The zero-order valence-corrected chi connectivity index (χ0v) is 12.0. The number of nitrogens with zero attached hydrogens (tertiary/aromatic N) is 1. The zero-order valence-electron chi connectivity index (χ0n) is 12.0. The zero-order chi connectivity index (χ0) is 14.2. The highest BCUT2D eigenvalue weighted by molar-refractivity contribution is 5.87. The van der Waals surface area contributed by atoms with Crippen LogP contribution in [0.25, 0.3) is 0 Å². The summed E-state index contributed by atoms with van der Waals surface area (Å²) in [6.07, 6.45) is 1.61. The number of amides is 2. The Morgan fingerprint density at radius 2 is 1.95 bits per heavy atom. The smallest absolute Gasteiger partial charge is 0.241 e. The van der Waals surface area contributed by atoms with E-state index in [1.165, 1.54) is 0 Å². The molecule has 5 nitrogen and oxygen atoms in total. The quantitative estimate of drug-likeness (QED) is 0.760. The molecule has 2 N–H and O–H groups in total. The Labute approximate surface area is 114 Å². The van der Waals surface area contributed by atoms with Crippen molar-refractivity contribution in [3.63, 3.8) is 0 Å². The lowest BCUT2D eigenvalue weighted by molar-refractivity contribution is -0.134. The van der Waals surface area contributed by atoms with Crippen molar-refractivity contribution in [3.05, 3.63) is 0 Å². The largest absolute Gasteiger partial charge is 0.393 e. The highest BCUT2D eigenvalue weighted by Crippen LogP contribution is 2.37. The van der Waals surface area contributed by atoms with Gasteiger partial charge < -0.3 is 15.3 Å². The van der Waals surface area contributed by atoms with Crippen molar-refractivity contribution in [2.24, 2.45) is 17.3 Å². The molecule has 2 rings (SSSR count). The fourth-order valence-corrected chi connectivity index (χ4v) is 2.97. The first-order valence-electron chi connectivity index (χ1n) is 7.03. The van der Waals surface area contributed by atoms with Gasteiger partial charge in [-0.25, -0.2) is 0 Å². The first-order valence-corrected chi connectivity index (χ1v) is 7.03. The second-order valence-corrected chi connectivity index (χ2v) is 6.80. The second-order valence-electron chi connectivity index (χ2n) is 6.80. The molecule has 2 fully saturated rings. The molecule has 0 radical (unpaired) electrons. The van der Waals surface area contributed by atoms with E-state index < -0.39 is 5.41 Å². The third kappa shape index (κ3) is 3.08. The molecule has 1 aliphatic carbocycles. The topological polar surface area (TPSA) is 69.6 Å². The minimum atomic E-state index is -0.474. The molecule has 1 heterocycles.